The lowest BCUT2D eigenvalue weighted by molar-refractivity contribution is -0.870. The monoisotopic (exact) mass is 1390 g/mol. The molecule has 0 aliphatic carbocycles. The number of likely N-dealkylation sites (N-methyl/N-ethyl adjacent to an activating group) is 1. The van der Waals surface area contributed by atoms with Crippen molar-refractivity contribution >= 4 is 19.8 Å². The van der Waals surface area contributed by atoms with Gasteiger partial charge in [0, 0.05) is 12.8 Å². The first-order valence-electron chi connectivity index (χ1n) is 41.6. The second kappa shape index (κ2) is 77.8. The average molecular weight is 1390 g/mol. The summed E-state index contributed by atoms with van der Waals surface area (Å²) in [6.07, 6.45) is 111. The Kier molecular flexibility index (Phi) is 75.2. The molecule has 0 saturated heterocycles. The maximum absolute atomic E-state index is 12.9. The van der Waals surface area contributed by atoms with Gasteiger partial charge in [-0.15, -0.1) is 0 Å². The number of hydrogen-bond donors (Lipinski definition) is 0. The van der Waals surface area contributed by atoms with Crippen LogP contribution in [0.3, 0.4) is 0 Å². The molecule has 2 atom stereocenters. The Morgan fingerprint density at radius 3 is 0.878 bits per heavy atom. The van der Waals surface area contributed by atoms with Gasteiger partial charge in [0.05, 0.1) is 27.7 Å². The van der Waals surface area contributed by atoms with E-state index in [2.05, 4.69) is 123 Å². The predicted molar refractivity (Wildman–Crippen MR) is 425 cm³/mol. The van der Waals surface area contributed by atoms with Crippen molar-refractivity contribution < 1.29 is 42.1 Å². The molecule has 10 heteroatoms. The minimum atomic E-state index is -4.65. The van der Waals surface area contributed by atoms with E-state index >= 15 is 0 Å². The van der Waals surface area contributed by atoms with E-state index in [0.717, 1.165) is 89.9 Å². The zero-order valence-electron chi connectivity index (χ0n) is 65.0. The summed E-state index contributed by atoms with van der Waals surface area (Å²) in [5.41, 5.74) is 0. The van der Waals surface area contributed by atoms with Crippen LogP contribution in [-0.4, -0.2) is 70.0 Å². The third-order valence-electron chi connectivity index (χ3n) is 18.3. The first-order chi connectivity index (χ1) is 48.0. The fourth-order valence-electron chi connectivity index (χ4n) is 12.0. The van der Waals surface area contributed by atoms with Crippen LogP contribution >= 0.6 is 7.82 Å². The van der Waals surface area contributed by atoms with Gasteiger partial charge < -0.3 is 27.9 Å². The molecule has 0 spiro atoms. The van der Waals surface area contributed by atoms with E-state index in [1.807, 2.05) is 21.1 Å². The Morgan fingerprint density at radius 1 is 0.327 bits per heavy atom. The number of ether oxygens (including phenoxy) is 2. The van der Waals surface area contributed by atoms with Crippen LogP contribution in [0.25, 0.3) is 0 Å². The smallest absolute Gasteiger partial charge is 0.306 e. The molecule has 0 fully saturated rings. The molecule has 0 rings (SSSR count). The van der Waals surface area contributed by atoms with Crippen LogP contribution in [0.15, 0.2) is 109 Å². The lowest BCUT2D eigenvalue weighted by Gasteiger charge is -2.28. The van der Waals surface area contributed by atoms with Gasteiger partial charge in [-0.05, 0) is 103 Å². The lowest BCUT2D eigenvalue weighted by atomic mass is 10.0. The van der Waals surface area contributed by atoms with E-state index in [4.69, 9.17) is 18.5 Å². The molecule has 98 heavy (non-hydrogen) atoms. The third-order valence-corrected chi connectivity index (χ3v) is 19.2. The van der Waals surface area contributed by atoms with E-state index in [9.17, 15) is 19.0 Å². The number of hydrogen-bond acceptors (Lipinski definition) is 8. The second-order valence-electron chi connectivity index (χ2n) is 29.1. The molecule has 0 radical (unpaired) electrons. The van der Waals surface area contributed by atoms with E-state index in [-0.39, 0.29) is 32.0 Å². The number of allylic oxidation sites excluding steroid dienone is 18. The third kappa shape index (κ3) is 81.6. The van der Waals surface area contributed by atoms with E-state index in [0.29, 0.717) is 17.4 Å². The van der Waals surface area contributed by atoms with Crippen molar-refractivity contribution in [3.05, 3.63) is 109 Å². The summed E-state index contributed by atoms with van der Waals surface area (Å²) in [4.78, 5) is 38.2. The van der Waals surface area contributed by atoms with Gasteiger partial charge in [-0.3, -0.25) is 14.2 Å². The predicted octanol–water partition coefficient (Wildman–Crippen LogP) is 27.3. The molecule has 0 saturated carbocycles. The molecule has 568 valence electrons. The maximum atomic E-state index is 12.9. The highest BCUT2D eigenvalue weighted by molar-refractivity contribution is 7.45. The molecule has 0 heterocycles. The minimum absolute atomic E-state index is 0.0316. The number of carbonyl (C=O) groups is 2. The van der Waals surface area contributed by atoms with Gasteiger partial charge in [-0.2, -0.15) is 0 Å². The van der Waals surface area contributed by atoms with Crippen LogP contribution in [0, 0.1) is 0 Å². The van der Waals surface area contributed by atoms with Gasteiger partial charge >= 0.3 is 11.9 Å². The maximum Gasteiger partial charge on any atom is 0.306 e. The quantitative estimate of drug-likeness (QED) is 0.0195. The Hall–Kier alpha value is -3.33. The standard InChI is InChI=1S/C88H158NO8P/c1-6-8-10-12-14-16-18-20-22-24-26-28-30-32-34-36-38-40-41-42-43-44-45-46-47-49-51-53-55-57-59-61-63-65-67-69-71-73-75-77-79-81-88(91)97-86(85-96-98(92,93)95-83-82-89(3,4)5)84-94-87(90)80-78-76-74-72-70-68-66-64-62-60-58-56-54-52-50-48-39-37-35-33-31-29-27-25-23-21-19-17-15-13-11-9-7-2/h8,10,14,16,20,22,25-28,32,34,38,40,42-43,45-46,86H,6-7,9,11-13,15,17-19,21,23-24,29-31,33,35-37,39,41,44,47-85H2,1-5H3/b10-8-,16-14-,22-20-,27-25-,28-26-,34-32-,40-38-,43-42-,46-45-. The Morgan fingerprint density at radius 2 is 0.582 bits per heavy atom. The summed E-state index contributed by atoms with van der Waals surface area (Å²) >= 11 is 0. The highest BCUT2D eigenvalue weighted by Crippen LogP contribution is 2.38. The molecule has 0 aromatic carbocycles. The summed E-state index contributed by atoms with van der Waals surface area (Å²) in [6.45, 7) is 4.18. The summed E-state index contributed by atoms with van der Waals surface area (Å²) in [7, 11) is 1.18. The largest absolute Gasteiger partial charge is 0.756 e. The molecule has 0 aliphatic rings. The van der Waals surface area contributed by atoms with E-state index in [1.54, 1.807) is 0 Å². The van der Waals surface area contributed by atoms with Crippen molar-refractivity contribution in [2.75, 3.05) is 47.5 Å². The van der Waals surface area contributed by atoms with Gasteiger partial charge in [0.25, 0.3) is 7.82 Å². The molecule has 0 aromatic heterocycles. The number of esters is 2. The molecule has 0 N–H and O–H groups in total. The van der Waals surface area contributed by atoms with Crippen LogP contribution in [0.2, 0.25) is 0 Å². The molecule has 9 nitrogen and oxygen atoms in total. The molecule has 0 amide bonds. The van der Waals surface area contributed by atoms with E-state index < -0.39 is 26.5 Å². The zero-order valence-corrected chi connectivity index (χ0v) is 65.9. The molecular weight excluding hydrogens is 1230 g/mol. The highest BCUT2D eigenvalue weighted by Gasteiger charge is 2.22. The van der Waals surface area contributed by atoms with Gasteiger partial charge in [0.2, 0.25) is 0 Å². The fraction of sp³-hybridized carbons (Fsp3) is 0.773. The Balaban J connectivity index is 3.94. The van der Waals surface area contributed by atoms with Crippen LogP contribution in [0.1, 0.15) is 386 Å². The van der Waals surface area contributed by atoms with Crippen molar-refractivity contribution in [2.24, 2.45) is 0 Å². The van der Waals surface area contributed by atoms with Crippen LogP contribution in [-0.2, 0) is 32.7 Å². The number of phosphoric acid groups is 1. The molecular formula is C88H158NO8P. The zero-order chi connectivity index (χ0) is 71.1. The molecule has 0 bridgehead atoms. The van der Waals surface area contributed by atoms with Crippen molar-refractivity contribution in [1.82, 2.24) is 0 Å². The van der Waals surface area contributed by atoms with Gasteiger partial charge in [0.15, 0.2) is 6.10 Å². The van der Waals surface area contributed by atoms with E-state index in [1.165, 1.54) is 263 Å². The van der Waals surface area contributed by atoms with Crippen molar-refractivity contribution in [3.8, 4) is 0 Å². The van der Waals surface area contributed by atoms with Crippen molar-refractivity contribution in [3.63, 3.8) is 0 Å². The Bertz CT molecular complexity index is 2030. The van der Waals surface area contributed by atoms with Crippen molar-refractivity contribution in [1.29, 1.82) is 0 Å². The number of quaternary nitrogens is 1. The number of nitrogens with zero attached hydrogens (tertiary/aromatic N) is 1. The van der Waals surface area contributed by atoms with Crippen LogP contribution < -0.4 is 4.89 Å². The lowest BCUT2D eigenvalue weighted by Crippen LogP contribution is -2.37. The number of carbonyl (C=O) groups excluding carboxylic acids is 2. The fourth-order valence-corrected chi connectivity index (χ4v) is 12.7. The van der Waals surface area contributed by atoms with Crippen LogP contribution in [0.4, 0.5) is 0 Å². The normalized spacial score (nSPS) is 13.6. The summed E-state index contributed by atoms with van der Waals surface area (Å²) < 4.78 is 34.4. The number of phosphoric ester groups is 1. The first-order valence-corrected chi connectivity index (χ1v) is 43.1. The van der Waals surface area contributed by atoms with Gasteiger partial charge in [0.1, 0.15) is 19.8 Å². The molecule has 0 aliphatic heterocycles. The summed E-state index contributed by atoms with van der Waals surface area (Å²) in [5, 5.41) is 0. The van der Waals surface area contributed by atoms with Gasteiger partial charge in [-0.25, -0.2) is 0 Å². The Labute approximate surface area is 607 Å². The molecule has 2 unspecified atom stereocenters. The highest BCUT2D eigenvalue weighted by atomic mass is 31.2. The SMILES string of the molecule is CC/C=C\C/C=C\C/C=C\C/C=C\C/C=C\C/C=C\C/C=C\C/C=C\CCCCCCCCCCCCCCCCCCC(=O)OC(COC(=O)CCCCCCCCCCCCCCCCCCCCCCC/C=C\CCCCCCCCCC)COP(=O)([O-])OCC[N+](C)(C)C. The topological polar surface area (TPSA) is 111 Å². The second-order valence-corrected chi connectivity index (χ2v) is 30.5. The first kappa shape index (κ1) is 94.7. The minimum Gasteiger partial charge on any atom is -0.756 e. The number of unbranched alkanes of at least 4 members (excludes halogenated alkanes) is 45. The molecule has 0 aromatic rings. The van der Waals surface area contributed by atoms with Gasteiger partial charge in [-0.1, -0.05) is 380 Å². The summed E-state index contributed by atoms with van der Waals surface area (Å²) in [6, 6.07) is 0. The number of rotatable bonds is 77. The average Bonchev–Trinajstić information content (AvgIpc) is 1.08. The summed E-state index contributed by atoms with van der Waals surface area (Å²) in [5.74, 6) is -0.817. The van der Waals surface area contributed by atoms with Crippen molar-refractivity contribution in [2.45, 2.75) is 392 Å². The van der Waals surface area contributed by atoms with Crippen LogP contribution in [0.5, 0.6) is 0 Å².